The molecule has 0 saturated carbocycles. The van der Waals surface area contributed by atoms with Gasteiger partial charge in [-0.25, -0.2) is 4.98 Å². The SMILES string of the molecule is Cc1cc(C)c2[nH]c3nc(SCC(=O)Nc4ccc(Cl)cc4)nnc3c2c1. The summed E-state index contributed by atoms with van der Waals surface area (Å²) in [6.07, 6.45) is 0. The quantitative estimate of drug-likeness (QED) is 0.495. The Bertz CT molecular complexity index is 1160. The van der Waals surface area contributed by atoms with Gasteiger partial charge >= 0.3 is 0 Å². The van der Waals surface area contributed by atoms with Crippen LogP contribution < -0.4 is 5.32 Å². The maximum absolute atomic E-state index is 12.1. The number of fused-ring (bicyclic) bond motifs is 3. The van der Waals surface area contributed by atoms with Crippen molar-refractivity contribution in [3.05, 3.63) is 52.5 Å². The van der Waals surface area contributed by atoms with Crippen LogP contribution in [0.4, 0.5) is 5.69 Å². The maximum atomic E-state index is 12.1. The summed E-state index contributed by atoms with van der Waals surface area (Å²) in [4.78, 5) is 19.9. The third-order valence-electron chi connectivity index (χ3n) is 4.11. The smallest absolute Gasteiger partial charge is 0.234 e. The van der Waals surface area contributed by atoms with Gasteiger partial charge < -0.3 is 10.3 Å². The van der Waals surface area contributed by atoms with Gasteiger partial charge in [-0.1, -0.05) is 35.0 Å². The second-order valence-corrected chi connectivity index (χ2v) is 7.64. The summed E-state index contributed by atoms with van der Waals surface area (Å²) in [7, 11) is 0. The standard InChI is InChI=1S/C19H16ClN5OS/c1-10-7-11(2)16-14(8-10)17-18(22-16)23-19(25-24-17)27-9-15(26)21-13-5-3-12(20)4-6-13/h3-8H,9H2,1-2H3,(H,21,26)(H,22,23,25). The fraction of sp³-hybridized carbons (Fsp3) is 0.158. The molecular weight excluding hydrogens is 382 g/mol. The molecule has 136 valence electrons. The van der Waals surface area contributed by atoms with Gasteiger partial charge in [0.1, 0.15) is 5.52 Å². The largest absolute Gasteiger partial charge is 0.337 e. The van der Waals surface area contributed by atoms with Crippen LogP contribution in [-0.2, 0) is 4.79 Å². The second-order valence-electron chi connectivity index (χ2n) is 6.26. The predicted octanol–water partition coefficient (Wildman–Crippen LogP) is 4.51. The van der Waals surface area contributed by atoms with Crippen molar-refractivity contribution in [1.82, 2.24) is 20.2 Å². The normalized spacial score (nSPS) is 11.2. The van der Waals surface area contributed by atoms with Gasteiger partial charge in [-0.15, -0.1) is 10.2 Å². The van der Waals surface area contributed by atoms with E-state index in [2.05, 4.69) is 51.5 Å². The van der Waals surface area contributed by atoms with Crippen molar-refractivity contribution in [2.45, 2.75) is 19.0 Å². The van der Waals surface area contributed by atoms with E-state index in [4.69, 9.17) is 11.6 Å². The Balaban J connectivity index is 1.50. The first-order valence-electron chi connectivity index (χ1n) is 8.31. The molecule has 4 aromatic rings. The highest BCUT2D eigenvalue weighted by molar-refractivity contribution is 7.99. The number of benzene rings is 2. The minimum atomic E-state index is -0.144. The van der Waals surface area contributed by atoms with Crippen molar-refractivity contribution in [1.29, 1.82) is 0 Å². The molecule has 0 unspecified atom stereocenters. The molecule has 1 amide bonds. The molecule has 0 saturated heterocycles. The fourth-order valence-electron chi connectivity index (χ4n) is 2.94. The van der Waals surface area contributed by atoms with Gasteiger partial charge in [-0.3, -0.25) is 4.79 Å². The Labute approximate surface area is 164 Å². The molecule has 0 atom stereocenters. The van der Waals surface area contributed by atoms with Crippen LogP contribution in [0, 0.1) is 13.8 Å². The van der Waals surface area contributed by atoms with Crippen LogP contribution in [0.25, 0.3) is 22.1 Å². The Hall–Kier alpha value is -2.64. The summed E-state index contributed by atoms with van der Waals surface area (Å²) in [6.45, 7) is 4.10. The van der Waals surface area contributed by atoms with E-state index in [-0.39, 0.29) is 11.7 Å². The molecule has 0 aliphatic rings. The van der Waals surface area contributed by atoms with Crippen LogP contribution in [0.3, 0.4) is 0 Å². The van der Waals surface area contributed by atoms with Gasteiger partial charge in [0.05, 0.1) is 11.3 Å². The van der Waals surface area contributed by atoms with Crippen LogP contribution in [0.2, 0.25) is 5.02 Å². The summed E-state index contributed by atoms with van der Waals surface area (Å²) in [5.74, 6) is 0.0443. The monoisotopic (exact) mass is 397 g/mol. The number of thioether (sulfide) groups is 1. The van der Waals surface area contributed by atoms with E-state index in [1.807, 2.05) is 0 Å². The van der Waals surface area contributed by atoms with Gasteiger partial charge in [0.25, 0.3) is 0 Å². The number of nitrogens with one attached hydrogen (secondary N) is 2. The average Bonchev–Trinajstić information content (AvgIpc) is 3.00. The molecule has 2 N–H and O–H groups in total. The molecule has 4 rings (SSSR count). The number of aryl methyl sites for hydroxylation is 2. The predicted molar refractivity (Wildman–Crippen MR) is 109 cm³/mol. The van der Waals surface area contributed by atoms with Gasteiger partial charge in [0.2, 0.25) is 11.1 Å². The number of nitrogens with zero attached hydrogens (tertiary/aromatic N) is 3. The number of anilines is 1. The fourth-order valence-corrected chi connectivity index (χ4v) is 3.65. The third-order valence-corrected chi connectivity index (χ3v) is 5.20. The summed E-state index contributed by atoms with van der Waals surface area (Å²) in [6, 6.07) is 11.1. The van der Waals surface area contributed by atoms with Crippen LogP contribution in [0.1, 0.15) is 11.1 Å². The summed E-state index contributed by atoms with van der Waals surface area (Å²) >= 11 is 7.08. The zero-order chi connectivity index (χ0) is 19.0. The molecule has 0 radical (unpaired) electrons. The van der Waals surface area contributed by atoms with Crippen LogP contribution in [-0.4, -0.2) is 31.8 Å². The number of H-pyrrole nitrogens is 1. The number of hydrogen-bond donors (Lipinski definition) is 2. The minimum Gasteiger partial charge on any atom is -0.337 e. The van der Waals surface area contributed by atoms with E-state index < -0.39 is 0 Å². The van der Waals surface area contributed by atoms with Gasteiger partial charge in [-0.2, -0.15) is 0 Å². The molecule has 27 heavy (non-hydrogen) atoms. The number of carbonyl (C=O) groups excluding carboxylic acids is 1. The molecule has 8 heteroatoms. The highest BCUT2D eigenvalue weighted by atomic mass is 35.5. The van der Waals surface area contributed by atoms with Crippen molar-refractivity contribution in [2.75, 3.05) is 11.1 Å². The molecule has 0 aliphatic carbocycles. The first-order valence-corrected chi connectivity index (χ1v) is 9.67. The highest BCUT2D eigenvalue weighted by Crippen LogP contribution is 2.27. The number of carbonyl (C=O) groups is 1. The lowest BCUT2D eigenvalue weighted by Gasteiger charge is -2.04. The molecule has 0 fully saturated rings. The molecule has 0 aliphatic heterocycles. The number of halogens is 1. The molecule has 2 heterocycles. The Morgan fingerprint density at radius 3 is 2.74 bits per heavy atom. The topological polar surface area (TPSA) is 83.6 Å². The van der Waals surface area contributed by atoms with Gasteiger partial charge in [0, 0.05) is 16.1 Å². The van der Waals surface area contributed by atoms with Crippen molar-refractivity contribution in [3.63, 3.8) is 0 Å². The average molecular weight is 398 g/mol. The number of hydrogen-bond acceptors (Lipinski definition) is 5. The van der Waals surface area contributed by atoms with Crippen molar-refractivity contribution >= 4 is 57.0 Å². The number of aromatic amines is 1. The second kappa shape index (κ2) is 7.17. The molecule has 2 aromatic heterocycles. The van der Waals surface area contributed by atoms with Crippen LogP contribution >= 0.6 is 23.4 Å². The summed E-state index contributed by atoms with van der Waals surface area (Å²) in [5.41, 5.74) is 5.43. The third kappa shape index (κ3) is 3.74. The van der Waals surface area contributed by atoms with Crippen LogP contribution in [0.5, 0.6) is 0 Å². The molecular formula is C19H16ClN5OS. The highest BCUT2D eigenvalue weighted by Gasteiger charge is 2.12. The lowest BCUT2D eigenvalue weighted by Crippen LogP contribution is -2.14. The number of amides is 1. The zero-order valence-corrected chi connectivity index (χ0v) is 16.3. The van der Waals surface area contributed by atoms with Crippen molar-refractivity contribution in [3.8, 4) is 0 Å². The molecule has 2 aromatic carbocycles. The lowest BCUT2D eigenvalue weighted by atomic mass is 10.1. The zero-order valence-electron chi connectivity index (χ0n) is 14.7. The maximum Gasteiger partial charge on any atom is 0.234 e. The van der Waals surface area contributed by atoms with Gasteiger partial charge in [-0.05, 0) is 49.7 Å². The van der Waals surface area contributed by atoms with E-state index in [9.17, 15) is 4.79 Å². The summed E-state index contributed by atoms with van der Waals surface area (Å²) < 4.78 is 0. The van der Waals surface area contributed by atoms with E-state index >= 15 is 0 Å². The van der Waals surface area contributed by atoms with Crippen molar-refractivity contribution in [2.24, 2.45) is 0 Å². The molecule has 0 bridgehead atoms. The van der Waals surface area contributed by atoms with E-state index in [0.29, 0.717) is 21.5 Å². The van der Waals surface area contributed by atoms with E-state index in [1.54, 1.807) is 24.3 Å². The van der Waals surface area contributed by atoms with Crippen molar-refractivity contribution < 1.29 is 4.79 Å². The lowest BCUT2D eigenvalue weighted by molar-refractivity contribution is -0.113. The Kier molecular flexibility index (Phi) is 4.72. The van der Waals surface area contributed by atoms with E-state index in [0.717, 1.165) is 22.0 Å². The first-order chi connectivity index (χ1) is 13.0. The Morgan fingerprint density at radius 2 is 1.96 bits per heavy atom. The molecule has 6 nitrogen and oxygen atoms in total. The first kappa shape index (κ1) is 17.8. The summed E-state index contributed by atoms with van der Waals surface area (Å²) in [5, 5.41) is 13.4. The number of rotatable bonds is 4. The minimum absolute atomic E-state index is 0.144. The Morgan fingerprint density at radius 1 is 1.19 bits per heavy atom. The number of aromatic nitrogens is 4. The molecule has 0 spiro atoms. The van der Waals surface area contributed by atoms with E-state index in [1.165, 1.54) is 17.3 Å². The van der Waals surface area contributed by atoms with Crippen LogP contribution in [0.15, 0.2) is 41.6 Å². The van der Waals surface area contributed by atoms with Gasteiger partial charge in [0.15, 0.2) is 5.65 Å².